The molecule has 0 fully saturated rings. The third-order valence-electron chi connectivity index (χ3n) is 2.89. The fraction of sp³-hybridized carbons (Fsp3) is 0.857. The number of nitrogens with two attached hydrogens (primary N) is 1. The molecule has 0 atom stereocenters. The molecule has 3 N–H and O–H groups in total. The van der Waals surface area contributed by atoms with Gasteiger partial charge in [0, 0.05) is 19.5 Å². The number of ether oxygens (including phenoxy) is 1. The first-order chi connectivity index (χ1) is 9.20. The van der Waals surface area contributed by atoms with Crippen molar-refractivity contribution in [2.45, 2.75) is 58.3 Å². The molecule has 0 saturated carbocycles. The van der Waals surface area contributed by atoms with E-state index in [0.717, 1.165) is 58.0 Å². The van der Waals surface area contributed by atoms with Gasteiger partial charge in [0.1, 0.15) is 0 Å². The lowest BCUT2D eigenvalue weighted by molar-refractivity contribution is -0.140. The smallest absolute Gasteiger partial charge is 0.305 e. The maximum absolute atomic E-state index is 10.9. The summed E-state index contributed by atoms with van der Waals surface area (Å²) in [7, 11) is 1.43. The molecule has 0 unspecified atom stereocenters. The lowest BCUT2D eigenvalue weighted by Gasteiger charge is -2.04. The van der Waals surface area contributed by atoms with Crippen LogP contribution >= 0.6 is 0 Å². The summed E-state index contributed by atoms with van der Waals surface area (Å²) in [5.41, 5.74) is 5.71. The summed E-state index contributed by atoms with van der Waals surface area (Å²) in [6, 6.07) is 0. The van der Waals surface area contributed by atoms with Crippen molar-refractivity contribution in [1.29, 1.82) is 0 Å². The number of nitrogens with one attached hydrogen (secondary N) is 1. The van der Waals surface area contributed by atoms with Crippen LogP contribution in [0.15, 0.2) is 4.99 Å². The predicted octanol–water partition coefficient (Wildman–Crippen LogP) is 2.20. The number of methoxy groups -OCH3 is 1. The maximum Gasteiger partial charge on any atom is 0.305 e. The Morgan fingerprint density at radius 3 is 2.53 bits per heavy atom. The molecule has 0 saturated heterocycles. The van der Waals surface area contributed by atoms with Gasteiger partial charge in [-0.05, 0) is 19.3 Å². The van der Waals surface area contributed by atoms with Gasteiger partial charge in [-0.15, -0.1) is 0 Å². The Kier molecular flexibility index (Phi) is 12.3. The number of carbonyl (C=O) groups is 1. The largest absolute Gasteiger partial charge is 0.469 e. The molecule has 0 aliphatic carbocycles. The number of esters is 1. The van der Waals surface area contributed by atoms with Crippen molar-refractivity contribution >= 4 is 11.9 Å². The van der Waals surface area contributed by atoms with E-state index < -0.39 is 0 Å². The average molecular weight is 271 g/mol. The van der Waals surface area contributed by atoms with Gasteiger partial charge >= 0.3 is 5.97 Å². The highest BCUT2D eigenvalue weighted by Crippen LogP contribution is 2.05. The first-order valence-electron chi connectivity index (χ1n) is 7.31. The third kappa shape index (κ3) is 13.0. The van der Waals surface area contributed by atoms with E-state index in [2.05, 4.69) is 22.0 Å². The van der Waals surface area contributed by atoms with Crippen LogP contribution in [0.1, 0.15) is 58.3 Å². The van der Waals surface area contributed by atoms with Gasteiger partial charge in [-0.2, -0.15) is 0 Å². The van der Waals surface area contributed by atoms with Crippen LogP contribution in [-0.4, -0.2) is 32.1 Å². The van der Waals surface area contributed by atoms with Gasteiger partial charge < -0.3 is 15.8 Å². The highest BCUT2D eigenvalue weighted by atomic mass is 16.5. The lowest BCUT2D eigenvalue weighted by atomic mass is 10.1. The Morgan fingerprint density at radius 2 is 1.84 bits per heavy atom. The first-order valence-corrected chi connectivity index (χ1v) is 7.31. The number of rotatable bonds is 11. The quantitative estimate of drug-likeness (QED) is 0.261. The molecule has 0 radical (unpaired) electrons. The zero-order valence-electron chi connectivity index (χ0n) is 12.4. The molecular formula is C14H29N3O2. The second-order valence-electron chi connectivity index (χ2n) is 4.64. The molecule has 0 aliphatic rings. The molecule has 0 heterocycles. The SMILES string of the molecule is CCCCNC(N)=NCCCCCCCC(=O)OC. The number of unbranched alkanes of at least 4 members (excludes halogenated alkanes) is 5. The molecule has 0 aromatic carbocycles. The summed E-state index contributed by atoms with van der Waals surface area (Å²) < 4.78 is 4.58. The molecule has 19 heavy (non-hydrogen) atoms. The maximum atomic E-state index is 10.9. The normalized spacial score (nSPS) is 11.4. The molecule has 0 aromatic heterocycles. The van der Waals surface area contributed by atoms with Crippen LogP contribution in [0.4, 0.5) is 0 Å². The molecule has 0 aromatic rings. The molecule has 0 aliphatic heterocycles. The van der Waals surface area contributed by atoms with Crippen LogP contribution < -0.4 is 11.1 Å². The fourth-order valence-corrected chi connectivity index (χ4v) is 1.66. The minimum absolute atomic E-state index is 0.115. The number of hydrogen-bond acceptors (Lipinski definition) is 3. The number of nitrogens with zero attached hydrogens (tertiary/aromatic N) is 1. The Bertz CT molecular complexity index is 255. The van der Waals surface area contributed by atoms with E-state index in [9.17, 15) is 4.79 Å². The van der Waals surface area contributed by atoms with E-state index in [1.807, 2.05) is 0 Å². The van der Waals surface area contributed by atoms with Gasteiger partial charge in [0.25, 0.3) is 0 Å². The van der Waals surface area contributed by atoms with E-state index >= 15 is 0 Å². The highest BCUT2D eigenvalue weighted by molar-refractivity contribution is 5.77. The second kappa shape index (κ2) is 13.2. The summed E-state index contributed by atoms with van der Waals surface area (Å²) in [6.45, 7) is 3.83. The van der Waals surface area contributed by atoms with Crippen LogP contribution in [-0.2, 0) is 9.53 Å². The topological polar surface area (TPSA) is 76.7 Å². The van der Waals surface area contributed by atoms with Gasteiger partial charge in [0.15, 0.2) is 5.96 Å². The Labute approximate surface area is 117 Å². The Hall–Kier alpha value is -1.26. The Morgan fingerprint density at radius 1 is 1.16 bits per heavy atom. The van der Waals surface area contributed by atoms with Gasteiger partial charge in [0.2, 0.25) is 0 Å². The highest BCUT2D eigenvalue weighted by Gasteiger charge is 1.98. The van der Waals surface area contributed by atoms with E-state index in [4.69, 9.17) is 5.73 Å². The molecule has 0 bridgehead atoms. The minimum atomic E-state index is -0.115. The van der Waals surface area contributed by atoms with Gasteiger partial charge in [0.05, 0.1) is 7.11 Å². The molecule has 0 amide bonds. The summed E-state index contributed by atoms with van der Waals surface area (Å²) >= 11 is 0. The van der Waals surface area contributed by atoms with Gasteiger partial charge in [-0.25, -0.2) is 0 Å². The molecule has 5 heteroatoms. The van der Waals surface area contributed by atoms with Crippen molar-refractivity contribution in [3.05, 3.63) is 0 Å². The zero-order valence-corrected chi connectivity index (χ0v) is 12.4. The van der Waals surface area contributed by atoms with Crippen LogP contribution in [0.5, 0.6) is 0 Å². The van der Waals surface area contributed by atoms with E-state index in [-0.39, 0.29) is 5.97 Å². The van der Waals surface area contributed by atoms with Crippen molar-refractivity contribution in [2.75, 3.05) is 20.2 Å². The molecule has 0 spiro atoms. The lowest BCUT2D eigenvalue weighted by Crippen LogP contribution is -2.32. The molecule has 112 valence electrons. The number of guanidine groups is 1. The van der Waals surface area contributed by atoms with Gasteiger partial charge in [-0.3, -0.25) is 9.79 Å². The van der Waals surface area contributed by atoms with E-state index in [1.165, 1.54) is 7.11 Å². The van der Waals surface area contributed by atoms with Crippen LogP contribution in [0, 0.1) is 0 Å². The molecule has 5 nitrogen and oxygen atoms in total. The average Bonchev–Trinajstić information content (AvgIpc) is 2.41. The fourth-order valence-electron chi connectivity index (χ4n) is 1.66. The number of carbonyl (C=O) groups excluding carboxylic acids is 1. The molecule has 0 rings (SSSR count). The number of hydrogen-bond donors (Lipinski definition) is 2. The summed E-state index contributed by atoms with van der Waals surface area (Å²) in [6.07, 6.45) is 8.11. The molecular weight excluding hydrogens is 242 g/mol. The third-order valence-corrected chi connectivity index (χ3v) is 2.89. The second-order valence-corrected chi connectivity index (χ2v) is 4.64. The van der Waals surface area contributed by atoms with E-state index in [1.54, 1.807) is 0 Å². The monoisotopic (exact) mass is 271 g/mol. The van der Waals surface area contributed by atoms with Crippen molar-refractivity contribution in [2.24, 2.45) is 10.7 Å². The number of aliphatic imine (C=N–C) groups is 1. The van der Waals surface area contributed by atoms with Crippen molar-refractivity contribution in [1.82, 2.24) is 5.32 Å². The van der Waals surface area contributed by atoms with Crippen molar-refractivity contribution < 1.29 is 9.53 Å². The van der Waals surface area contributed by atoms with Crippen LogP contribution in [0.3, 0.4) is 0 Å². The summed E-state index contributed by atoms with van der Waals surface area (Å²) in [5, 5.41) is 3.09. The zero-order chi connectivity index (χ0) is 14.3. The van der Waals surface area contributed by atoms with E-state index in [0.29, 0.717) is 12.4 Å². The first kappa shape index (κ1) is 17.7. The van der Waals surface area contributed by atoms with Gasteiger partial charge in [-0.1, -0.05) is 32.6 Å². The predicted molar refractivity (Wildman–Crippen MR) is 79.1 cm³/mol. The van der Waals surface area contributed by atoms with Crippen LogP contribution in [0.2, 0.25) is 0 Å². The summed E-state index contributed by atoms with van der Waals surface area (Å²) in [4.78, 5) is 15.1. The van der Waals surface area contributed by atoms with Crippen molar-refractivity contribution in [3.63, 3.8) is 0 Å². The minimum Gasteiger partial charge on any atom is -0.469 e. The van der Waals surface area contributed by atoms with Crippen molar-refractivity contribution in [3.8, 4) is 0 Å². The summed E-state index contributed by atoms with van der Waals surface area (Å²) in [5.74, 6) is 0.440. The van der Waals surface area contributed by atoms with Crippen LogP contribution in [0.25, 0.3) is 0 Å². The Balaban J connectivity index is 3.29. The standard InChI is InChI=1S/C14H29N3O2/c1-3-4-11-16-14(15)17-12-9-7-5-6-8-10-13(18)19-2/h3-12H2,1-2H3,(H3,15,16,17).